The molecule has 0 saturated carbocycles. The molecule has 1 atom stereocenters. The van der Waals surface area contributed by atoms with E-state index in [2.05, 4.69) is 10.4 Å². The van der Waals surface area contributed by atoms with Crippen molar-refractivity contribution in [1.29, 1.82) is 0 Å². The number of aromatic nitrogens is 3. The van der Waals surface area contributed by atoms with Gasteiger partial charge in [0.05, 0.1) is 11.7 Å². The third-order valence-electron chi connectivity index (χ3n) is 3.95. The minimum Gasteiger partial charge on any atom is -0.348 e. The zero-order chi connectivity index (χ0) is 19.6. The maximum absolute atomic E-state index is 13.3. The molecule has 0 aliphatic carbocycles. The first-order valence-corrected chi connectivity index (χ1v) is 8.00. The summed E-state index contributed by atoms with van der Waals surface area (Å²) in [6.07, 6.45) is 1.22. The fraction of sp³-hybridized carbons (Fsp3) is 0.167. The smallest absolute Gasteiger partial charge is 0.348 e. The molecule has 3 rings (SSSR count). The molecule has 9 heteroatoms. The van der Waals surface area contributed by atoms with Gasteiger partial charge < -0.3 is 5.32 Å². The van der Waals surface area contributed by atoms with Gasteiger partial charge in [0.2, 0.25) is 5.91 Å². The second-order valence-electron chi connectivity index (χ2n) is 5.88. The lowest BCUT2D eigenvalue weighted by Crippen LogP contribution is -2.34. The molecule has 0 spiro atoms. The van der Waals surface area contributed by atoms with Crippen LogP contribution in [0.5, 0.6) is 0 Å². The summed E-state index contributed by atoms with van der Waals surface area (Å²) in [5.41, 5.74) is 0.215. The fourth-order valence-corrected chi connectivity index (χ4v) is 2.51. The molecule has 3 aromatic rings. The summed E-state index contributed by atoms with van der Waals surface area (Å²) in [6.45, 7) is 1.24. The van der Waals surface area contributed by atoms with Crippen LogP contribution in [0.15, 0.2) is 53.6 Å². The Morgan fingerprint density at radius 3 is 2.48 bits per heavy atom. The van der Waals surface area contributed by atoms with Gasteiger partial charge in [-0.3, -0.25) is 4.79 Å². The van der Waals surface area contributed by atoms with Crippen LogP contribution in [-0.4, -0.2) is 20.3 Å². The Labute approximate surface area is 151 Å². The Bertz CT molecular complexity index is 1030. The molecule has 2 aromatic carbocycles. The van der Waals surface area contributed by atoms with Crippen LogP contribution >= 0.6 is 0 Å². The summed E-state index contributed by atoms with van der Waals surface area (Å²) in [6, 6.07) is 7.96. The van der Waals surface area contributed by atoms with Crippen molar-refractivity contribution < 1.29 is 18.0 Å². The van der Waals surface area contributed by atoms with Crippen molar-refractivity contribution in [3.8, 4) is 5.69 Å². The number of rotatable bonds is 5. The molecule has 1 N–H and O–H groups in total. The highest BCUT2D eigenvalue weighted by Crippen LogP contribution is 2.15. The zero-order valence-electron chi connectivity index (χ0n) is 14.2. The van der Waals surface area contributed by atoms with Crippen molar-refractivity contribution in [2.24, 2.45) is 0 Å². The zero-order valence-corrected chi connectivity index (χ0v) is 14.2. The Kier molecular flexibility index (Phi) is 5.11. The number of nitrogens with zero attached hydrogens (tertiary/aromatic N) is 3. The van der Waals surface area contributed by atoms with Crippen LogP contribution in [-0.2, 0) is 11.3 Å². The van der Waals surface area contributed by atoms with Crippen LogP contribution in [0, 0.1) is 17.5 Å². The number of carbonyl (C=O) groups excluding carboxylic acids is 1. The number of benzene rings is 2. The van der Waals surface area contributed by atoms with Gasteiger partial charge in [0.1, 0.15) is 18.7 Å². The summed E-state index contributed by atoms with van der Waals surface area (Å²) in [5.74, 6) is -2.96. The third-order valence-corrected chi connectivity index (χ3v) is 3.95. The maximum Gasteiger partial charge on any atom is 0.350 e. The van der Waals surface area contributed by atoms with Crippen LogP contribution in [0.2, 0.25) is 0 Å². The number of halogens is 3. The fourth-order valence-electron chi connectivity index (χ4n) is 2.51. The average molecular weight is 376 g/mol. The highest BCUT2D eigenvalue weighted by molar-refractivity contribution is 5.76. The Morgan fingerprint density at radius 1 is 1.11 bits per heavy atom. The van der Waals surface area contributed by atoms with E-state index in [1.165, 1.54) is 41.2 Å². The minimum absolute atomic E-state index is 0.360. The first-order chi connectivity index (χ1) is 12.8. The van der Waals surface area contributed by atoms with Gasteiger partial charge in [-0.25, -0.2) is 27.2 Å². The van der Waals surface area contributed by atoms with Gasteiger partial charge in [-0.2, -0.15) is 5.10 Å². The molecule has 0 saturated heterocycles. The molecular formula is C18H15F3N4O2. The molecular weight excluding hydrogens is 361 g/mol. The van der Waals surface area contributed by atoms with Crippen molar-refractivity contribution in [2.75, 3.05) is 0 Å². The third kappa shape index (κ3) is 4.08. The van der Waals surface area contributed by atoms with E-state index in [0.29, 0.717) is 11.3 Å². The maximum atomic E-state index is 13.3. The molecule has 0 radical (unpaired) electrons. The number of carbonyl (C=O) groups is 1. The lowest BCUT2D eigenvalue weighted by molar-refractivity contribution is -0.122. The molecule has 1 aromatic heterocycles. The van der Waals surface area contributed by atoms with E-state index >= 15 is 0 Å². The number of hydrogen-bond acceptors (Lipinski definition) is 3. The van der Waals surface area contributed by atoms with Crippen molar-refractivity contribution in [1.82, 2.24) is 19.7 Å². The van der Waals surface area contributed by atoms with E-state index in [1.54, 1.807) is 6.92 Å². The summed E-state index contributed by atoms with van der Waals surface area (Å²) >= 11 is 0. The Morgan fingerprint density at radius 2 is 1.81 bits per heavy atom. The Hall–Kier alpha value is -3.36. The molecule has 1 heterocycles. The summed E-state index contributed by atoms with van der Waals surface area (Å²) in [7, 11) is 0. The van der Waals surface area contributed by atoms with E-state index < -0.39 is 35.1 Å². The van der Waals surface area contributed by atoms with Crippen LogP contribution in [0.4, 0.5) is 13.2 Å². The van der Waals surface area contributed by atoms with E-state index in [9.17, 15) is 22.8 Å². The molecule has 6 nitrogen and oxygen atoms in total. The minimum atomic E-state index is -1.01. The molecule has 0 aliphatic heterocycles. The van der Waals surface area contributed by atoms with Crippen molar-refractivity contribution in [2.45, 2.75) is 19.5 Å². The molecule has 0 unspecified atom stereocenters. The topological polar surface area (TPSA) is 68.9 Å². The van der Waals surface area contributed by atoms with Gasteiger partial charge in [-0.15, -0.1) is 0 Å². The highest BCUT2D eigenvalue weighted by atomic mass is 19.2. The standard InChI is InChI=1S/C18H15F3N4O2/c1-11(12-2-7-15(20)16(21)8-12)23-17(26)9-25-18(27)24(10-22-25)14-5-3-13(19)4-6-14/h2-8,10-11H,9H2,1H3,(H,23,26)/t11-/m0/s1. The van der Waals surface area contributed by atoms with Crippen molar-refractivity contribution in [3.63, 3.8) is 0 Å². The van der Waals surface area contributed by atoms with Crippen molar-refractivity contribution in [3.05, 3.63) is 82.3 Å². The van der Waals surface area contributed by atoms with Crippen molar-refractivity contribution >= 4 is 5.91 Å². The van der Waals surface area contributed by atoms with Gasteiger partial charge in [0, 0.05) is 0 Å². The SMILES string of the molecule is C[C@H](NC(=O)Cn1ncn(-c2ccc(F)cc2)c1=O)c1ccc(F)c(F)c1. The van der Waals surface area contributed by atoms with E-state index in [1.807, 2.05) is 0 Å². The van der Waals surface area contributed by atoms with E-state index in [4.69, 9.17) is 0 Å². The largest absolute Gasteiger partial charge is 0.350 e. The average Bonchev–Trinajstić information content (AvgIpc) is 2.98. The van der Waals surface area contributed by atoms with Crippen LogP contribution in [0.1, 0.15) is 18.5 Å². The summed E-state index contributed by atoms with van der Waals surface area (Å²) < 4.78 is 41.4. The highest BCUT2D eigenvalue weighted by Gasteiger charge is 2.15. The second-order valence-corrected chi connectivity index (χ2v) is 5.88. The lowest BCUT2D eigenvalue weighted by Gasteiger charge is -2.14. The predicted molar refractivity (Wildman–Crippen MR) is 90.7 cm³/mol. The van der Waals surface area contributed by atoms with Crippen LogP contribution < -0.4 is 11.0 Å². The Balaban J connectivity index is 1.70. The van der Waals surface area contributed by atoms with E-state index in [0.717, 1.165) is 16.8 Å². The molecule has 27 heavy (non-hydrogen) atoms. The predicted octanol–water partition coefficient (Wildman–Crippen LogP) is 2.33. The second kappa shape index (κ2) is 7.48. The quantitative estimate of drug-likeness (QED) is 0.743. The first kappa shape index (κ1) is 18.4. The first-order valence-electron chi connectivity index (χ1n) is 8.00. The van der Waals surface area contributed by atoms with Gasteiger partial charge in [-0.05, 0) is 48.9 Å². The van der Waals surface area contributed by atoms with Crippen LogP contribution in [0.3, 0.4) is 0 Å². The number of hydrogen-bond donors (Lipinski definition) is 1. The molecule has 140 valence electrons. The monoisotopic (exact) mass is 376 g/mol. The van der Waals surface area contributed by atoms with Gasteiger partial charge in [-0.1, -0.05) is 6.07 Å². The molecule has 1 amide bonds. The summed E-state index contributed by atoms with van der Waals surface area (Å²) in [4.78, 5) is 24.5. The number of nitrogens with one attached hydrogen (secondary N) is 1. The van der Waals surface area contributed by atoms with Gasteiger partial charge in [0.25, 0.3) is 0 Å². The van der Waals surface area contributed by atoms with E-state index in [-0.39, 0.29) is 6.54 Å². The normalized spacial score (nSPS) is 12.0. The molecule has 0 fully saturated rings. The molecule has 0 bridgehead atoms. The molecule has 0 aliphatic rings. The lowest BCUT2D eigenvalue weighted by atomic mass is 10.1. The van der Waals surface area contributed by atoms with Crippen LogP contribution in [0.25, 0.3) is 5.69 Å². The van der Waals surface area contributed by atoms with Gasteiger partial charge in [0.15, 0.2) is 11.6 Å². The summed E-state index contributed by atoms with van der Waals surface area (Å²) in [5, 5.41) is 6.45. The number of amides is 1. The van der Waals surface area contributed by atoms with Gasteiger partial charge >= 0.3 is 5.69 Å².